The van der Waals surface area contributed by atoms with Crippen LogP contribution in [-0.2, 0) is 10.9 Å². The third kappa shape index (κ3) is 3.77. The van der Waals surface area contributed by atoms with Gasteiger partial charge in [-0.1, -0.05) is 55.5 Å². The van der Waals surface area contributed by atoms with Crippen molar-refractivity contribution in [2.75, 3.05) is 0 Å². The zero-order valence-electron chi connectivity index (χ0n) is 13.8. The minimum Gasteiger partial charge on any atom is -0.294 e. The second kappa shape index (κ2) is 7.98. The fourth-order valence-electron chi connectivity index (χ4n) is 2.69. The molecule has 2 heteroatoms. The summed E-state index contributed by atoms with van der Waals surface area (Å²) in [6, 6.07) is 29.2. The van der Waals surface area contributed by atoms with Gasteiger partial charge in [-0.3, -0.25) is 4.79 Å². The molecule has 0 saturated heterocycles. The minimum absolute atomic E-state index is 0.198. The monoisotopic (exact) mass is 333 g/mol. The number of benzene rings is 3. The molecular formula is C22H21OS+. The average molecular weight is 333 g/mol. The van der Waals surface area contributed by atoms with E-state index in [-0.39, 0.29) is 16.7 Å². The zero-order valence-corrected chi connectivity index (χ0v) is 14.6. The first kappa shape index (κ1) is 16.5. The van der Waals surface area contributed by atoms with Crippen molar-refractivity contribution in [3.8, 4) is 0 Å². The van der Waals surface area contributed by atoms with Crippen LogP contribution in [0.3, 0.4) is 0 Å². The highest BCUT2D eigenvalue weighted by molar-refractivity contribution is 7.97. The molecule has 0 saturated carbocycles. The Morgan fingerprint density at radius 2 is 1.29 bits per heavy atom. The van der Waals surface area contributed by atoms with E-state index in [9.17, 15) is 4.79 Å². The quantitative estimate of drug-likeness (QED) is 0.414. The Morgan fingerprint density at radius 1 is 0.750 bits per heavy atom. The van der Waals surface area contributed by atoms with Crippen molar-refractivity contribution in [1.82, 2.24) is 0 Å². The molecule has 3 aromatic rings. The van der Waals surface area contributed by atoms with E-state index in [2.05, 4.69) is 60.7 Å². The molecule has 1 nitrogen and oxygen atoms in total. The first-order chi connectivity index (χ1) is 11.8. The summed E-state index contributed by atoms with van der Waals surface area (Å²) < 4.78 is 0. The third-order valence-electron chi connectivity index (χ3n) is 3.83. The Kier molecular flexibility index (Phi) is 5.50. The second-order valence-electron chi connectivity index (χ2n) is 5.63. The lowest BCUT2D eigenvalue weighted by molar-refractivity contribution is 0.0981. The molecule has 3 aromatic carbocycles. The van der Waals surface area contributed by atoms with E-state index in [1.807, 2.05) is 31.2 Å². The number of ketones is 1. The second-order valence-corrected chi connectivity index (χ2v) is 7.66. The summed E-state index contributed by atoms with van der Waals surface area (Å²) in [5.41, 5.74) is 0.818. The standard InChI is InChI=1S/C22H21OS/c1-2-10-22(23)18-11-9-16-21(17-18)24(19-12-5-3-6-13-19)20-14-7-4-8-15-20/h3-9,11-17H,2,10H2,1H3/q+1. The van der Waals surface area contributed by atoms with Crippen molar-refractivity contribution < 1.29 is 4.79 Å². The fraction of sp³-hybridized carbons (Fsp3) is 0.136. The van der Waals surface area contributed by atoms with Crippen molar-refractivity contribution in [1.29, 1.82) is 0 Å². The number of Topliss-reactive ketones (excluding diaryl/α,β-unsaturated/α-hetero) is 1. The molecule has 0 aliphatic rings. The van der Waals surface area contributed by atoms with Gasteiger partial charge in [-0.2, -0.15) is 0 Å². The van der Waals surface area contributed by atoms with Crippen LogP contribution in [0, 0.1) is 0 Å². The van der Waals surface area contributed by atoms with Gasteiger partial charge in [0.2, 0.25) is 0 Å². The highest BCUT2D eigenvalue weighted by atomic mass is 32.2. The van der Waals surface area contributed by atoms with Crippen LogP contribution in [0.4, 0.5) is 0 Å². The maximum absolute atomic E-state index is 12.3. The lowest BCUT2D eigenvalue weighted by Gasteiger charge is -2.09. The molecule has 0 amide bonds. The van der Waals surface area contributed by atoms with Crippen molar-refractivity contribution in [3.05, 3.63) is 90.5 Å². The molecule has 0 spiro atoms. The fourth-order valence-corrected chi connectivity index (χ4v) is 4.82. The van der Waals surface area contributed by atoms with Crippen LogP contribution < -0.4 is 0 Å². The number of hydrogen-bond donors (Lipinski definition) is 0. The van der Waals surface area contributed by atoms with Gasteiger partial charge in [0.1, 0.15) is 0 Å². The molecule has 0 radical (unpaired) electrons. The van der Waals surface area contributed by atoms with E-state index in [0.29, 0.717) is 6.42 Å². The minimum atomic E-state index is -0.198. The first-order valence-electron chi connectivity index (χ1n) is 8.27. The van der Waals surface area contributed by atoms with Gasteiger partial charge in [0.05, 0.1) is 10.9 Å². The predicted octanol–water partition coefficient (Wildman–Crippen LogP) is 5.76. The summed E-state index contributed by atoms with van der Waals surface area (Å²) >= 11 is 0. The summed E-state index contributed by atoms with van der Waals surface area (Å²) in [4.78, 5) is 16.0. The average Bonchev–Trinajstić information content (AvgIpc) is 2.64. The number of carbonyl (C=O) groups excluding carboxylic acids is 1. The first-order valence-corrected chi connectivity index (χ1v) is 9.49. The smallest absolute Gasteiger partial charge is 0.167 e. The topological polar surface area (TPSA) is 17.1 Å². The molecule has 0 bridgehead atoms. The van der Waals surface area contributed by atoms with E-state index in [1.54, 1.807) is 0 Å². The van der Waals surface area contributed by atoms with Crippen molar-refractivity contribution in [3.63, 3.8) is 0 Å². The summed E-state index contributed by atoms with van der Waals surface area (Å²) in [6.45, 7) is 2.04. The number of hydrogen-bond acceptors (Lipinski definition) is 1. The van der Waals surface area contributed by atoms with Gasteiger partial charge in [-0.15, -0.1) is 0 Å². The van der Waals surface area contributed by atoms with E-state index in [0.717, 1.165) is 12.0 Å². The van der Waals surface area contributed by atoms with Gasteiger partial charge >= 0.3 is 0 Å². The lowest BCUT2D eigenvalue weighted by atomic mass is 10.1. The molecule has 24 heavy (non-hydrogen) atoms. The largest absolute Gasteiger partial charge is 0.294 e. The van der Waals surface area contributed by atoms with Crippen molar-refractivity contribution >= 4 is 16.7 Å². The van der Waals surface area contributed by atoms with Crippen LogP contribution in [-0.4, -0.2) is 5.78 Å². The maximum Gasteiger partial charge on any atom is 0.167 e. The van der Waals surface area contributed by atoms with E-state index >= 15 is 0 Å². The van der Waals surface area contributed by atoms with E-state index in [1.165, 1.54) is 14.7 Å². The number of rotatable bonds is 6. The number of carbonyl (C=O) groups is 1. The normalized spacial score (nSPS) is 10.8. The van der Waals surface area contributed by atoms with Crippen LogP contribution in [0.1, 0.15) is 30.1 Å². The molecule has 0 aliphatic carbocycles. The van der Waals surface area contributed by atoms with Crippen LogP contribution in [0.15, 0.2) is 99.6 Å². The highest BCUT2D eigenvalue weighted by Gasteiger charge is 2.28. The lowest BCUT2D eigenvalue weighted by Crippen LogP contribution is -2.06. The molecular weight excluding hydrogens is 312 g/mol. The van der Waals surface area contributed by atoms with E-state index < -0.39 is 0 Å². The molecule has 0 heterocycles. The SMILES string of the molecule is CCCC(=O)c1cccc([S+](c2ccccc2)c2ccccc2)c1. The van der Waals surface area contributed by atoms with Gasteiger partial charge in [-0.25, -0.2) is 0 Å². The molecule has 0 fully saturated rings. The van der Waals surface area contributed by atoms with Crippen molar-refractivity contribution in [2.24, 2.45) is 0 Å². The van der Waals surface area contributed by atoms with Crippen molar-refractivity contribution in [2.45, 2.75) is 34.5 Å². The molecule has 3 rings (SSSR count). The maximum atomic E-state index is 12.3. The zero-order chi connectivity index (χ0) is 16.8. The molecule has 0 atom stereocenters. The summed E-state index contributed by atoms with van der Waals surface area (Å²) in [5.74, 6) is 0.226. The third-order valence-corrected chi connectivity index (χ3v) is 6.04. The molecule has 0 N–H and O–H groups in total. The predicted molar refractivity (Wildman–Crippen MR) is 101 cm³/mol. The summed E-state index contributed by atoms with van der Waals surface area (Å²) in [5, 5.41) is 0. The van der Waals surface area contributed by atoms with Crippen LogP contribution >= 0.6 is 0 Å². The van der Waals surface area contributed by atoms with Gasteiger partial charge in [0.15, 0.2) is 20.5 Å². The molecule has 0 unspecified atom stereocenters. The molecule has 0 aromatic heterocycles. The van der Waals surface area contributed by atoms with E-state index in [4.69, 9.17) is 0 Å². The van der Waals surface area contributed by atoms with Gasteiger partial charge in [0, 0.05) is 18.1 Å². The Morgan fingerprint density at radius 3 is 1.83 bits per heavy atom. The van der Waals surface area contributed by atoms with Crippen LogP contribution in [0.5, 0.6) is 0 Å². The molecule has 0 aliphatic heterocycles. The summed E-state index contributed by atoms with van der Waals surface area (Å²) in [7, 11) is -0.198. The van der Waals surface area contributed by atoms with Gasteiger partial charge in [-0.05, 0) is 36.8 Å². The summed E-state index contributed by atoms with van der Waals surface area (Å²) in [6.07, 6.45) is 1.49. The molecule has 120 valence electrons. The highest BCUT2D eigenvalue weighted by Crippen LogP contribution is 2.31. The Labute approximate surface area is 146 Å². The Hall–Kier alpha value is -2.32. The van der Waals surface area contributed by atoms with Crippen LogP contribution in [0.25, 0.3) is 0 Å². The van der Waals surface area contributed by atoms with Gasteiger partial charge in [0.25, 0.3) is 0 Å². The van der Waals surface area contributed by atoms with Gasteiger partial charge < -0.3 is 0 Å². The Balaban J connectivity index is 2.07. The Bertz CT molecular complexity index is 757. The van der Waals surface area contributed by atoms with Crippen LogP contribution in [0.2, 0.25) is 0 Å².